The Balaban J connectivity index is 1.45. The van der Waals surface area contributed by atoms with E-state index in [9.17, 15) is 13.6 Å². The van der Waals surface area contributed by atoms with Crippen molar-refractivity contribution >= 4 is 5.91 Å². The molecule has 2 aliphatic rings. The first kappa shape index (κ1) is 17.3. The minimum atomic E-state index is -2.78. The van der Waals surface area contributed by atoms with Crippen molar-refractivity contribution in [2.45, 2.75) is 50.7 Å². The third-order valence-corrected chi connectivity index (χ3v) is 4.77. The maximum atomic E-state index is 13.1. The van der Waals surface area contributed by atoms with Crippen LogP contribution in [0.5, 0.6) is 0 Å². The number of nitrogens with zero attached hydrogens (tertiary/aromatic N) is 1. The highest BCUT2D eigenvalue weighted by Gasteiger charge is 2.42. The summed E-state index contributed by atoms with van der Waals surface area (Å²) in [5.74, 6) is -3.14. The molecule has 0 radical (unpaired) electrons. The van der Waals surface area contributed by atoms with Gasteiger partial charge in [-0.25, -0.2) is 8.78 Å². The molecule has 3 rings (SSSR count). The third-order valence-electron chi connectivity index (χ3n) is 4.77. The summed E-state index contributed by atoms with van der Waals surface area (Å²) >= 11 is 0. The fourth-order valence-corrected chi connectivity index (χ4v) is 3.35. The van der Waals surface area contributed by atoms with Gasteiger partial charge in [-0.2, -0.15) is 0 Å². The summed E-state index contributed by atoms with van der Waals surface area (Å²) in [5.41, 5.74) is 2.25. The predicted molar refractivity (Wildman–Crippen MR) is 88.8 cm³/mol. The zero-order valence-corrected chi connectivity index (χ0v) is 13.9. The molecule has 2 aliphatic heterocycles. The van der Waals surface area contributed by atoms with Crippen LogP contribution in [-0.4, -0.2) is 42.4 Å². The molecule has 1 aromatic rings. The fraction of sp³-hybridized carbons (Fsp3) is 0.611. The van der Waals surface area contributed by atoms with Crippen molar-refractivity contribution in [3.05, 3.63) is 35.4 Å². The molecule has 4 nitrogen and oxygen atoms in total. The first-order valence-corrected chi connectivity index (χ1v) is 8.71. The van der Waals surface area contributed by atoms with E-state index in [0.29, 0.717) is 6.54 Å². The molecule has 1 unspecified atom stereocenters. The van der Waals surface area contributed by atoms with E-state index in [1.807, 2.05) is 12.1 Å². The standard InChI is InChI=1S/C18H25F2N3O/c19-18(20)10-16(22-13-18)17(24)21-11-14-4-6-15(7-5-14)12-23-8-2-1-3-9-23/h4-7,16,22H,1-3,8-13H2,(H,21,24). The molecule has 0 aliphatic carbocycles. The second-order valence-electron chi connectivity index (χ2n) is 6.86. The largest absolute Gasteiger partial charge is 0.351 e. The normalized spacial score (nSPS) is 24.0. The van der Waals surface area contributed by atoms with E-state index < -0.39 is 24.9 Å². The zero-order valence-electron chi connectivity index (χ0n) is 13.9. The third kappa shape index (κ3) is 4.74. The maximum absolute atomic E-state index is 13.1. The Labute approximate surface area is 141 Å². The quantitative estimate of drug-likeness (QED) is 0.866. The Morgan fingerprint density at radius 3 is 2.46 bits per heavy atom. The molecule has 2 N–H and O–H groups in total. The van der Waals surface area contributed by atoms with E-state index in [0.717, 1.165) is 25.2 Å². The molecule has 1 aromatic carbocycles. The number of alkyl halides is 2. The minimum Gasteiger partial charge on any atom is -0.351 e. The van der Waals surface area contributed by atoms with Gasteiger partial charge in [0.25, 0.3) is 5.92 Å². The molecular weight excluding hydrogens is 312 g/mol. The summed E-state index contributed by atoms with van der Waals surface area (Å²) in [6.45, 7) is 3.24. The van der Waals surface area contributed by atoms with E-state index in [1.165, 1.54) is 24.8 Å². The number of nitrogens with one attached hydrogen (secondary N) is 2. The van der Waals surface area contributed by atoms with Crippen molar-refractivity contribution in [3.63, 3.8) is 0 Å². The van der Waals surface area contributed by atoms with Crippen LogP contribution in [0, 0.1) is 0 Å². The van der Waals surface area contributed by atoms with Crippen molar-refractivity contribution in [2.75, 3.05) is 19.6 Å². The molecule has 0 saturated carbocycles. The van der Waals surface area contributed by atoms with Crippen LogP contribution in [0.1, 0.15) is 36.8 Å². The smallest absolute Gasteiger partial charge is 0.262 e. The molecule has 1 amide bonds. The van der Waals surface area contributed by atoms with E-state index >= 15 is 0 Å². The van der Waals surface area contributed by atoms with E-state index in [-0.39, 0.29) is 5.91 Å². The molecule has 2 heterocycles. The van der Waals surface area contributed by atoms with Gasteiger partial charge in [0.15, 0.2) is 0 Å². The molecule has 0 spiro atoms. The number of benzene rings is 1. The van der Waals surface area contributed by atoms with E-state index in [2.05, 4.69) is 27.7 Å². The number of hydrogen-bond acceptors (Lipinski definition) is 3. The fourth-order valence-electron chi connectivity index (χ4n) is 3.35. The summed E-state index contributed by atoms with van der Waals surface area (Å²) in [6, 6.07) is 7.36. The SMILES string of the molecule is O=C(NCc1ccc(CN2CCCCC2)cc1)C1CC(F)(F)CN1. The van der Waals surface area contributed by atoms with Gasteiger partial charge in [0.05, 0.1) is 12.6 Å². The first-order chi connectivity index (χ1) is 11.5. The molecule has 132 valence electrons. The first-order valence-electron chi connectivity index (χ1n) is 8.71. The summed E-state index contributed by atoms with van der Waals surface area (Å²) in [5, 5.41) is 5.30. The highest BCUT2D eigenvalue weighted by atomic mass is 19.3. The van der Waals surface area contributed by atoms with Gasteiger partial charge in [-0.15, -0.1) is 0 Å². The lowest BCUT2D eigenvalue weighted by atomic mass is 10.1. The van der Waals surface area contributed by atoms with E-state index in [4.69, 9.17) is 0 Å². The number of hydrogen-bond donors (Lipinski definition) is 2. The number of likely N-dealkylation sites (tertiary alicyclic amines) is 1. The highest BCUT2D eigenvalue weighted by molar-refractivity contribution is 5.82. The molecule has 0 bridgehead atoms. The summed E-state index contributed by atoms with van der Waals surface area (Å²) in [6.07, 6.45) is 3.46. The summed E-state index contributed by atoms with van der Waals surface area (Å²) in [7, 11) is 0. The van der Waals surface area contributed by atoms with Gasteiger partial charge in [0.2, 0.25) is 5.91 Å². The molecule has 6 heteroatoms. The molecular formula is C18H25F2N3O. The minimum absolute atomic E-state index is 0.357. The lowest BCUT2D eigenvalue weighted by Gasteiger charge is -2.26. The Morgan fingerprint density at radius 2 is 1.83 bits per heavy atom. The van der Waals surface area contributed by atoms with Crippen LogP contribution in [0.3, 0.4) is 0 Å². The lowest BCUT2D eigenvalue weighted by molar-refractivity contribution is -0.123. The molecule has 1 atom stereocenters. The van der Waals surface area contributed by atoms with Crippen molar-refractivity contribution in [1.29, 1.82) is 0 Å². The van der Waals surface area contributed by atoms with Crippen LogP contribution in [-0.2, 0) is 17.9 Å². The summed E-state index contributed by atoms with van der Waals surface area (Å²) < 4.78 is 26.2. The van der Waals surface area contributed by atoms with Crippen molar-refractivity contribution in [2.24, 2.45) is 0 Å². The van der Waals surface area contributed by atoms with Crippen molar-refractivity contribution in [3.8, 4) is 0 Å². The predicted octanol–water partition coefficient (Wildman–Crippen LogP) is 2.29. The average Bonchev–Trinajstić information content (AvgIpc) is 2.95. The molecule has 24 heavy (non-hydrogen) atoms. The van der Waals surface area contributed by atoms with Crippen LogP contribution < -0.4 is 10.6 Å². The topological polar surface area (TPSA) is 44.4 Å². The summed E-state index contributed by atoms with van der Waals surface area (Å²) in [4.78, 5) is 14.4. The zero-order chi connectivity index (χ0) is 17.0. The van der Waals surface area contributed by atoms with Crippen LogP contribution in [0.4, 0.5) is 8.78 Å². The number of carbonyl (C=O) groups is 1. The van der Waals surface area contributed by atoms with Crippen LogP contribution in [0.2, 0.25) is 0 Å². The Hall–Kier alpha value is -1.53. The van der Waals surface area contributed by atoms with Crippen molar-refractivity contribution < 1.29 is 13.6 Å². The molecule has 2 fully saturated rings. The van der Waals surface area contributed by atoms with Gasteiger partial charge >= 0.3 is 0 Å². The Kier molecular flexibility index (Phi) is 5.46. The van der Waals surface area contributed by atoms with Gasteiger partial charge in [0.1, 0.15) is 0 Å². The van der Waals surface area contributed by atoms with Gasteiger partial charge in [0, 0.05) is 19.5 Å². The maximum Gasteiger partial charge on any atom is 0.262 e. The van der Waals surface area contributed by atoms with Crippen LogP contribution >= 0.6 is 0 Å². The van der Waals surface area contributed by atoms with Gasteiger partial charge < -0.3 is 5.32 Å². The highest BCUT2D eigenvalue weighted by Crippen LogP contribution is 2.25. The second kappa shape index (κ2) is 7.57. The lowest BCUT2D eigenvalue weighted by Crippen LogP contribution is -2.40. The average molecular weight is 337 g/mol. The Bertz CT molecular complexity index is 556. The van der Waals surface area contributed by atoms with Gasteiger partial charge in [-0.3, -0.25) is 15.0 Å². The second-order valence-corrected chi connectivity index (χ2v) is 6.86. The number of carbonyl (C=O) groups excluding carboxylic acids is 1. The monoisotopic (exact) mass is 337 g/mol. The molecule has 0 aromatic heterocycles. The number of piperidine rings is 1. The van der Waals surface area contributed by atoms with Gasteiger partial charge in [-0.1, -0.05) is 30.7 Å². The number of rotatable bonds is 5. The van der Waals surface area contributed by atoms with Crippen LogP contribution in [0.15, 0.2) is 24.3 Å². The van der Waals surface area contributed by atoms with Crippen molar-refractivity contribution in [1.82, 2.24) is 15.5 Å². The van der Waals surface area contributed by atoms with Gasteiger partial charge in [-0.05, 0) is 37.1 Å². The number of amides is 1. The van der Waals surface area contributed by atoms with E-state index in [1.54, 1.807) is 0 Å². The molecule has 2 saturated heterocycles. The Morgan fingerprint density at radius 1 is 1.17 bits per heavy atom. The van der Waals surface area contributed by atoms with Crippen LogP contribution in [0.25, 0.3) is 0 Å². The number of halogens is 2.